The van der Waals surface area contributed by atoms with Gasteiger partial charge in [0.25, 0.3) is 0 Å². The van der Waals surface area contributed by atoms with E-state index in [-0.39, 0.29) is 18.5 Å². The number of nitrogens with two attached hydrogens (primary N) is 1. The van der Waals surface area contributed by atoms with E-state index in [4.69, 9.17) is 20.2 Å². The van der Waals surface area contributed by atoms with Gasteiger partial charge >= 0.3 is 0 Å². The first-order valence-electron chi connectivity index (χ1n) is 10.9. The molecule has 0 fully saturated rings. The quantitative estimate of drug-likeness (QED) is 0.393. The van der Waals surface area contributed by atoms with Gasteiger partial charge in [0.2, 0.25) is 16.8 Å². The molecule has 1 aliphatic rings. The number of aryl methyl sites for hydroxylation is 1. The maximum atomic E-state index is 12.2. The van der Waals surface area contributed by atoms with E-state index in [9.17, 15) is 8.42 Å². The van der Waals surface area contributed by atoms with E-state index < -0.39 is 10.0 Å². The number of aromatic nitrogens is 4. The Morgan fingerprint density at radius 1 is 1.24 bits per heavy atom. The Kier molecular flexibility index (Phi) is 7.05. The molecule has 3 heterocycles. The highest BCUT2D eigenvalue weighted by atomic mass is 32.2. The van der Waals surface area contributed by atoms with E-state index in [0.717, 1.165) is 10.6 Å². The summed E-state index contributed by atoms with van der Waals surface area (Å²) in [7, 11) is 0.604. The van der Waals surface area contributed by atoms with Gasteiger partial charge in [0.05, 0.1) is 11.4 Å². The monoisotopic (exact) mass is 507 g/mol. The Balaban J connectivity index is 1.61. The van der Waals surface area contributed by atoms with E-state index in [0.29, 0.717) is 53.1 Å². The fourth-order valence-corrected chi connectivity index (χ4v) is 6.20. The predicted octanol–water partition coefficient (Wildman–Crippen LogP) is 2.32. The van der Waals surface area contributed by atoms with Crippen molar-refractivity contribution in [3.8, 4) is 11.5 Å². The Labute approximate surface area is 203 Å². The van der Waals surface area contributed by atoms with Gasteiger partial charge in [0.15, 0.2) is 33.6 Å². The van der Waals surface area contributed by atoms with Crippen LogP contribution in [0.2, 0.25) is 0 Å². The van der Waals surface area contributed by atoms with Crippen LogP contribution in [-0.4, -0.2) is 61.1 Å². The molecule has 3 N–H and O–H groups in total. The Morgan fingerprint density at radius 3 is 2.68 bits per heavy atom. The molecule has 3 aromatic rings. The minimum atomic E-state index is -3.31. The van der Waals surface area contributed by atoms with Crippen molar-refractivity contribution in [3.63, 3.8) is 0 Å². The number of imidazole rings is 1. The molecule has 0 spiro atoms. The number of ether oxygens (including phenoxy) is 2. The third kappa shape index (κ3) is 5.31. The maximum absolute atomic E-state index is 12.2. The summed E-state index contributed by atoms with van der Waals surface area (Å²) >= 11 is 1.45. The highest BCUT2D eigenvalue weighted by Gasteiger charge is 2.22. The summed E-state index contributed by atoms with van der Waals surface area (Å²) in [5.74, 6) is 1.83. The molecule has 0 bridgehead atoms. The molecule has 0 saturated carbocycles. The van der Waals surface area contributed by atoms with Crippen molar-refractivity contribution in [1.82, 2.24) is 24.2 Å². The van der Waals surface area contributed by atoms with Gasteiger partial charge in [-0.2, -0.15) is 0 Å². The molecule has 1 aromatic carbocycles. The third-order valence-electron chi connectivity index (χ3n) is 5.10. The second-order valence-electron chi connectivity index (χ2n) is 8.57. The summed E-state index contributed by atoms with van der Waals surface area (Å²) in [4.78, 5) is 16.1. The SMILES string of the molecule is CC(C)CS(=O)(=O)NCCCn1c(Sc2cc3c(cc2N(C)C)OCO3)nc2c(N)ncnc21. The number of hydrogen-bond acceptors (Lipinski definition) is 10. The third-order valence-corrected chi connectivity index (χ3v) is 7.89. The van der Waals surface area contributed by atoms with Crippen molar-refractivity contribution in [2.24, 2.45) is 5.92 Å². The molecular formula is C21H29N7O4S2. The van der Waals surface area contributed by atoms with Gasteiger partial charge in [-0.3, -0.25) is 0 Å². The van der Waals surface area contributed by atoms with Crippen molar-refractivity contribution < 1.29 is 17.9 Å². The minimum Gasteiger partial charge on any atom is -0.454 e. The van der Waals surface area contributed by atoms with Crippen LogP contribution < -0.4 is 24.8 Å². The van der Waals surface area contributed by atoms with Crippen molar-refractivity contribution in [3.05, 3.63) is 18.5 Å². The van der Waals surface area contributed by atoms with Crippen molar-refractivity contribution in [2.45, 2.75) is 36.9 Å². The molecule has 0 amide bonds. The van der Waals surface area contributed by atoms with Crippen LogP contribution in [0.5, 0.6) is 11.5 Å². The number of hydrogen-bond donors (Lipinski definition) is 2. The summed E-state index contributed by atoms with van der Waals surface area (Å²) in [5.41, 5.74) is 8.14. The fraction of sp³-hybridized carbons (Fsp3) is 0.476. The van der Waals surface area contributed by atoms with Crippen molar-refractivity contribution in [2.75, 3.05) is 43.8 Å². The zero-order valence-corrected chi connectivity index (χ0v) is 21.2. The van der Waals surface area contributed by atoms with E-state index in [1.165, 1.54) is 18.1 Å². The van der Waals surface area contributed by atoms with Crippen LogP contribution in [0.25, 0.3) is 11.2 Å². The molecule has 13 heteroatoms. The lowest BCUT2D eigenvalue weighted by Crippen LogP contribution is -2.29. The molecule has 4 rings (SSSR count). The number of nitrogens with one attached hydrogen (secondary N) is 1. The van der Waals surface area contributed by atoms with Gasteiger partial charge in [-0.15, -0.1) is 0 Å². The summed E-state index contributed by atoms with van der Waals surface area (Å²) < 4.78 is 40.0. The highest BCUT2D eigenvalue weighted by Crippen LogP contribution is 2.44. The molecule has 0 unspecified atom stereocenters. The van der Waals surface area contributed by atoms with Crippen LogP contribution >= 0.6 is 11.8 Å². The van der Waals surface area contributed by atoms with Crippen LogP contribution in [0.1, 0.15) is 20.3 Å². The lowest BCUT2D eigenvalue weighted by Gasteiger charge is -2.18. The fourth-order valence-electron chi connectivity index (χ4n) is 3.62. The van der Waals surface area contributed by atoms with Crippen LogP contribution in [0.4, 0.5) is 11.5 Å². The number of nitrogen functional groups attached to an aromatic ring is 1. The maximum Gasteiger partial charge on any atom is 0.231 e. The van der Waals surface area contributed by atoms with E-state index in [1.807, 2.05) is 49.5 Å². The topological polar surface area (TPSA) is 137 Å². The summed E-state index contributed by atoms with van der Waals surface area (Å²) in [6.07, 6.45) is 1.96. The number of rotatable bonds is 10. The zero-order valence-electron chi connectivity index (χ0n) is 19.6. The predicted molar refractivity (Wildman–Crippen MR) is 132 cm³/mol. The average molecular weight is 508 g/mol. The molecule has 1 aliphatic heterocycles. The molecule has 0 radical (unpaired) electrons. The number of sulfonamides is 1. The first-order chi connectivity index (χ1) is 16.1. The van der Waals surface area contributed by atoms with Gasteiger partial charge in [-0.05, 0) is 24.1 Å². The normalized spacial score (nSPS) is 13.2. The summed E-state index contributed by atoms with van der Waals surface area (Å²) in [6.45, 7) is 4.76. The Morgan fingerprint density at radius 2 is 1.97 bits per heavy atom. The van der Waals surface area contributed by atoms with Crippen LogP contribution in [-0.2, 0) is 16.6 Å². The van der Waals surface area contributed by atoms with Crippen LogP contribution in [0, 0.1) is 5.92 Å². The van der Waals surface area contributed by atoms with Crippen molar-refractivity contribution in [1.29, 1.82) is 0 Å². The van der Waals surface area contributed by atoms with E-state index in [2.05, 4.69) is 14.7 Å². The zero-order chi connectivity index (χ0) is 24.5. The number of anilines is 2. The Hall–Kier alpha value is -2.77. The van der Waals surface area contributed by atoms with Crippen LogP contribution in [0.15, 0.2) is 28.5 Å². The second kappa shape index (κ2) is 9.84. The van der Waals surface area contributed by atoms with Gasteiger partial charge in [0, 0.05) is 44.2 Å². The first-order valence-corrected chi connectivity index (χ1v) is 13.3. The molecule has 0 aliphatic carbocycles. The van der Waals surface area contributed by atoms with E-state index >= 15 is 0 Å². The van der Waals surface area contributed by atoms with Crippen LogP contribution in [0.3, 0.4) is 0 Å². The standard InChI is InChI=1S/C21H29N7O4S2/c1-13(2)10-34(29,30)25-6-5-7-28-20-18(19(22)23-11-24-20)26-21(28)33-17-9-16-15(31-12-32-16)8-14(17)27(3)4/h8-9,11,13,25H,5-7,10,12H2,1-4H3,(H2,22,23,24). The van der Waals surface area contributed by atoms with Gasteiger partial charge in [-0.25, -0.2) is 28.1 Å². The smallest absolute Gasteiger partial charge is 0.231 e. The molecule has 0 atom stereocenters. The largest absolute Gasteiger partial charge is 0.454 e. The molecular weight excluding hydrogens is 478 g/mol. The summed E-state index contributed by atoms with van der Waals surface area (Å²) in [5, 5.41) is 0.675. The van der Waals surface area contributed by atoms with Crippen molar-refractivity contribution >= 4 is 44.5 Å². The summed E-state index contributed by atoms with van der Waals surface area (Å²) in [6, 6.07) is 3.87. The average Bonchev–Trinajstić information content (AvgIpc) is 3.34. The number of fused-ring (bicyclic) bond motifs is 2. The van der Waals surface area contributed by atoms with Gasteiger partial charge < -0.3 is 24.7 Å². The molecule has 184 valence electrons. The minimum absolute atomic E-state index is 0.0605. The molecule has 2 aromatic heterocycles. The number of benzene rings is 1. The first kappa shape index (κ1) is 24.4. The highest BCUT2D eigenvalue weighted by molar-refractivity contribution is 7.99. The molecule has 11 nitrogen and oxygen atoms in total. The lowest BCUT2D eigenvalue weighted by atomic mass is 10.2. The Bertz CT molecular complexity index is 1290. The molecule has 34 heavy (non-hydrogen) atoms. The van der Waals surface area contributed by atoms with Gasteiger partial charge in [-0.1, -0.05) is 13.8 Å². The second-order valence-corrected chi connectivity index (χ2v) is 11.4. The molecule has 0 saturated heterocycles. The lowest BCUT2D eigenvalue weighted by molar-refractivity contribution is 0.174. The van der Waals surface area contributed by atoms with Gasteiger partial charge in [0.1, 0.15) is 6.33 Å². The number of nitrogens with zero attached hydrogens (tertiary/aromatic N) is 5. The van der Waals surface area contributed by atoms with E-state index in [1.54, 1.807) is 0 Å².